The van der Waals surface area contributed by atoms with E-state index in [-0.39, 0.29) is 25.4 Å². The van der Waals surface area contributed by atoms with Crippen LogP contribution in [0, 0.1) is 12.3 Å². The smallest absolute Gasteiger partial charge is 0.274 e. The van der Waals surface area contributed by atoms with E-state index in [1.54, 1.807) is 11.3 Å². The molecule has 1 aliphatic carbocycles. The number of fused-ring (bicyclic) bond motifs is 1. The average molecular weight is 551 g/mol. The van der Waals surface area contributed by atoms with E-state index in [2.05, 4.69) is 44.5 Å². The second-order valence-corrected chi connectivity index (χ2v) is 13.4. The van der Waals surface area contributed by atoms with Gasteiger partial charge in [-0.1, -0.05) is 39.8 Å². The van der Waals surface area contributed by atoms with Gasteiger partial charge < -0.3 is 9.84 Å². The molecule has 4 N–H and O–H groups in total. The van der Waals surface area contributed by atoms with Crippen LogP contribution in [0.15, 0.2) is 12.1 Å². The topological polar surface area (TPSA) is 119 Å². The van der Waals surface area contributed by atoms with Gasteiger partial charge >= 0.3 is 0 Å². The summed E-state index contributed by atoms with van der Waals surface area (Å²) in [4.78, 5) is 15.7. The Kier molecular flexibility index (Phi) is 9.97. The molecule has 0 aliphatic heterocycles. The number of ether oxygens (including phenoxy) is 1. The van der Waals surface area contributed by atoms with Gasteiger partial charge in [0.15, 0.2) is 5.78 Å². The maximum atomic E-state index is 13.3. The van der Waals surface area contributed by atoms with Crippen LogP contribution in [-0.4, -0.2) is 38.6 Å². The predicted molar refractivity (Wildman–Crippen MR) is 150 cm³/mol. The number of benzene rings is 1. The van der Waals surface area contributed by atoms with Crippen molar-refractivity contribution in [1.82, 2.24) is 4.72 Å². The molecular weight excluding hydrogens is 508 g/mol. The number of ketones is 1. The molecule has 0 saturated carbocycles. The van der Waals surface area contributed by atoms with Crippen LogP contribution in [0.2, 0.25) is 0 Å². The van der Waals surface area contributed by atoms with E-state index < -0.39 is 16.3 Å². The fraction of sp³-hybridized carbons (Fsp3) is 0.607. The molecule has 0 fully saturated rings. The summed E-state index contributed by atoms with van der Waals surface area (Å²) in [6, 6.07) is 4.15. The lowest BCUT2D eigenvalue weighted by atomic mass is 9.74. The average Bonchev–Trinajstić information content (AvgIpc) is 3.17. The van der Waals surface area contributed by atoms with Gasteiger partial charge in [-0.2, -0.15) is 8.42 Å². The van der Waals surface area contributed by atoms with Gasteiger partial charge in [0.2, 0.25) is 0 Å². The molecule has 37 heavy (non-hydrogen) atoms. The van der Waals surface area contributed by atoms with Gasteiger partial charge in [-0.25, -0.2) is 9.86 Å². The Bertz CT molecular complexity index is 1220. The Morgan fingerprint density at radius 1 is 1.24 bits per heavy atom. The number of Topliss-reactive ketones (excluding diaryl/α,β-unsaturated/α-hetero) is 1. The zero-order chi connectivity index (χ0) is 27.4. The maximum Gasteiger partial charge on any atom is 0.274 e. The van der Waals surface area contributed by atoms with Crippen LogP contribution in [0.1, 0.15) is 89.3 Å². The van der Waals surface area contributed by atoms with Crippen molar-refractivity contribution in [3.05, 3.63) is 49.7 Å². The van der Waals surface area contributed by atoms with E-state index in [1.807, 2.05) is 6.92 Å². The molecule has 3 rings (SSSR count). The first-order valence-corrected chi connectivity index (χ1v) is 15.6. The molecule has 1 aromatic carbocycles. The first-order valence-electron chi connectivity index (χ1n) is 13.2. The Morgan fingerprint density at radius 2 is 1.97 bits per heavy atom. The van der Waals surface area contributed by atoms with E-state index in [1.165, 1.54) is 16.0 Å². The second-order valence-electron chi connectivity index (χ2n) is 10.9. The molecule has 1 atom stereocenters. The summed E-state index contributed by atoms with van der Waals surface area (Å²) in [5.41, 5.74) is 6.13. The van der Waals surface area contributed by atoms with Gasteiger partial charge in [0.25, 0.3) is 10.2 Å². The van der Waals surface area contributed by atoms with E-state index in [0.29, 0.717) is 18.3 Å². The van der Waals surface area contributed by atoms with Crippen molar-refractivity contribution >= 4 is 27.3 Å². The Morgan fingerprint density at radius 3 is 2.62 bits per heavy atom. The number of hydrogen-bond acceptors (Lipinski definition) is 6. The third kappa shape index (κ3) is 8.10. The minimum absolute atomic E-state index is 0.0426. The summed E-state index contributed by atoms with van der Waals surface area (Å²) in [6.07, 6.45) is 5.45. The quantitative estimate of drug-likeness (QED) is 0.319. The standard InChI is InChI=1S/C28H42N2O5S2/c1-6-20-15-19(14-18(3)26(20)35-17-21(31)11-13-30-37(29,33)34)8-9-24(32)27-22-10-12-28(4,5)16-23(22)25(7-2)36-27/h14-15,21,30-31H,6-13,16-17H2,1-5H3,(H2,29,33,34). The normalized spacial score (nSPS) is 15.9. The van der Waals surface area contributed by atoms with Gasteiger partial charge in [-0.05, 0) is 85.1 Å². The first-order chi connectivity index (χ1) is 17.3. The molecule has 0 saturated heterocycles. The molecule has 0 spiro atoms. The minimum Gasteiger partial charge on any atom is -0.490 e. The van der Waals surface area contributed by atoms with Gasteiger partial charge in [-0.15, -0.1) is 11.3 Å². The number of thiophene rings is 1. The molecule has 1 aliphatic rings. The van der Waals surface area contributed by atoms with Gasteiger partial charge in [0, 0.05) is 17.8 Å². The lowest BCUT2D eigenvalue weighted by Crippen LogP contribution is -2.34. The van der Waals surface area contributed by atoms with Crippen LogP contribution < -0.4 is 14.6 Å². The Labute approximate surface area is 226 Å². The van der Waals surface area contributed by atoms with Gasteiger partial charge in [-0.3, -0.25) is 4.79 Å². The summed E-state index contributed by atoms with van der Waals surface area (Å²) >= 11 is 1.71. The van der Waals surface area contributed by atoms with Crippen LogP contribution >= 0.6 is 11.3 Å². The van der Waals surface area contributed by atoms with Crippen LogP contribution in [0.25, 0.3) is 0 Å². The molecule has 0 amide bonds. The van der Waals surface area contributed by atoms with E-state index in [0.717, 1.165) is 59.4 Å². The number of aliphatic hydroxyl groups is 1. The van der Waals surface area contributed by atoms with Crippen molar-refractivity contribution in [1.29, 1.82) is 0 Å². The Balaban J connectivity index is 1.64. The number of hydrogen-bond donors (Lipinski definition) is 3. The lowest BCUT2D eigenvalue weighted by molar-refractivity contribution is 0.0983. The van der Waals surface area contributed by atoms with Crippen LogP contribution in [0.3, 0.4) is 0 Å². The zero-order valence-corrected chi connectivity index (χ0v) is 24.4. The van der Waals surface area contributed by atoms with Crippen molar-refractivity contribution in [2.45, 2.75) is 92.1 Å². The minimum atomic E-state index is -3.77. The molecule has 0 radical (unpaired) electrons. The van der Waals surface area contributed by atoms with Gasteiger partial charge in [0.05, 0.1) is 11.0 Å². The SMILES string of the molecule is CCc1cc(CCC(=O)c2sc(CC)c3c2CCC(C)(C)C3)cc(C)c1OCC(O)CCNS(N)(=O)=O. The first kappa shape index (κ1) is 29.8. The summed E-state index contributed by atoms with van der Waals surface area (Å²) in [5.74, 6) is 0.978. The summed E-state index contributed by atoms with van der Waals surface area (Å²) in [5, 5.41) is 15.1. The van der Waals surface area contributed by atoms with E-state index in [4.69, 9.17) is 9.88 Å². The van der Waals surface area contributed by atoms with Crippen LogP contribution in [0.5, 0.6) is 5.75 Å². The second kappa shape index (κ2) is 12.4. The molecular formula is C28H42N2O5S2. The zero-order valence-electron chi connectivity index (χ0n) is 22.8. The van der Waals surface area contributed by atoms with E-state index in [9.17, 15) is 18.3 Å². The number of rotatable bonds is 13. The maximum absolute atomic E-state index is 13.3. The number of nitrogens with two attached hydrogens (primary N) is 1. The lowest BCUT2D eigenvalue weighted by Gasteiger charge is -2.30. The number of carbonyl (C=O) groups excluding carboxylic acids is 1. The van der Waals surface area contributed by atoms with Gasteiger partial charge in [0.1, 0.15) is 12.4 Å². The molecule has 7 nitrogen and oxygen atoms in total. The Hall–Kier alpha value is -1.78. The molecule has 1 unspecified atom stereocenters. The molecule has 9 heteroatoms. The van der Waals surface area contributed by atoms with Crippen molar-refractivity contribution in [2.75, 3.05) is 13.2 Å². The molecule has 206 valence electrons. The van der Waals surface area contributed by atoms with E-state index >= 15 is 0 Å². The number of carbonyl (C=O) groups is 1. The third-order valence-electron chi connectivity index (χ3n) is 7.12. The monoisotopic (exact) mass is 550 g/mol. The van der Waals surface area contributed by atoms with Crippen molar-refractivity contribution in [3.63, 3.8) is 0 Å². The molecule has 1 aromatic heterocycles. The predicted octanol–water partition coefficient (Wildman–Crippen LogP) is 4.43. The summed E-state index contributed by atoms with van der Waals surface area (Å²) < 4.78 is 30.0. The van der Waals surface area contributed by atoms with Crippen molar-refractivity contribution in [2.24, 2.45) is 10.6 Å². The summed E-state index contributed by atoms with van der Waals surface area (Å²) in [6.45, 7) is 10.9. The highest BCUT2D eigenvalue weighted by Gasteiger charge is 2.31. The van der Waals surface area contributed by atoms with Crippen LogP contribution in [-0.2, 0) is 42.3 Å². The highest BCUT2D eigenvalue weighted by atomic mass is 32.2. The largest absolute Gasteiger partial charge is 0.490 e. The fourth-order valence-electron chi connectivity index (χ4n) is 5.11. The number of aliphatic hydroxyl groups excluding tert-OH is 1. The summed E-state index contributed by atoms with van der Waals surface area (Å²) in [7, 11) is -3.77. The van der Waals surface area contributed by atoms with Crippen molar-refractivity contribution < 1.29 is 23.1 Å². The molecule has 0 bridgehead atoms. The number of aryl methyl sites for hydroxylation is 4. The molecule has 2 aromatic rings. The highest BCUT2D eigenvalue weighted by Crippen LogP contribution is 2.42. The number of nitrogens with one attached hydrogen (secondary N) is 1. The third-order valence-corrected chi connectivity index (χ3v) is 9.18. The molecule has 1 heterocycles. The van der Waals surface area contributed by atoms with Crippen LogP contribution in [0.4, 0.5) is 0 Å². The fourth-order valence-corrected chi connectivity index (χ4v) is 6.78. The highest BCUT2D eigenvalue weighted by molar-refractivity contribution is 7.87. The van der Waals surface area contributed by atoms with Crippen molar-refractivity contribution in [3.8, 4) is 5.75 Å².